The first-order valence-electron chi connectivity index (χ1n) is 3.05. The zero-order chi connectivity index (χ0) is 6.69. The molecule has 0 bridgehead atoms. The third kappa shape index (κ3) is 2.11. The third-order valence-corrected chi connectivity index (χ3v) is 1.25. The van der Waals surface area contributed by atoms with E-state index < -0.39 is 0 Å². The minimum Gasteiger partial charge on any atom is -0.344 e. The van der Waals surface area contributed by atoms with Crippen molar-refractivity contribution in [1.82, 2.24) is 16.1 Å². The van der Waals surface area contributed by atoms with Crippen molar-refractivity contribution in [3.05, 3.63) is 24.3 Å². The fourth-order valence-corrected chi connectivity index (χ4v) is 0.609. The minimum absolute atomic E-state index is 0. The Bertz CT molecular complexity index is 171. The van der Waals surface area contributed by atoms with Gasteiger partial charge in [0, 0.05) is 12.4 Å². The molecule has 1 heterocycles. The highest BCUT2D eigenvalue weighted by Gasteiger charge is 1.95. The molecule has 0 atom stereocenters. The number of hydrogen-bond donors (Lipinski definition) is 1. The lowest BCUT2D eigenvalue weighted by Crippen LogP contribution is -1.88. The van der Waals surface area contributed by atoms with Gasteiger partial charge in [0.2, 0.25) is 0 Å². The van der Waals surface area contributed by atoms with Crippen molar-refractivity contribution in [1.29, 1.82) is 0 Å². The second-order valence-corrected chi connectivity index (χ2v) is 2.33. The zero-order valence-corrected chi connectivity index (χ0v) is 6.41. The van der Waals surface area contributed by atoms with Gasteiger partial charge in [-0.3, -0.25) is 0 Å². The summed E-state index contributed by atoms with van der Waals surface area (Å²) in [5, 5.41) is 0. The summed E-state index contributed by atoms with van der Waals surface area (Å²) in [4.78, 5) is 7.79. The summed E-state index contributed by atoms with van der Waals surface area (Å²) in [6.45, 7) is 4.25. The molecule has 0 spiro atoms. The molecule has 1 rings (SSSR count). The van der Waals surface area contributed by atoms with Gasteiger partial charge in [0.05, 0.1) is 0 Å². The van der Waals surface area contributed by atoms with E-state index in [2.05, 4.69) is 23.8 Å². The Morgan fingerprint density at radius 3 is 2.00 bits per heavy atom. The molecule has 1 aromatic rings. The summed E-state index contributed by atoms with van der Waals surface area (Å²) in [5.74, 6) is 0.534. The lowest BCUT2D eigenvalue weighted by Gasteiger charge is -1.99. The Morgan fingerprint density at radius 1 is 1.20 bits per heavy atom. The van der Waals surface area contributed by atoms with E-state index in [9.17, 15) is 0 Å². The Kier molecular flexibility index (Phi) is 3.57. The molecule has 0 aliphatic heterocycles. The molecule has 0 aliphatic carbocycles. The third-order valence-electron chi connectivity index (χ3n) is 1.25. The highest BCUT2D eigenvalue weighted by atomic mass is 14.8. The molecular formula is C7H13N3. The maximum Gasteiger partial charge on any atom is 0.115 e. The van der Waals surface area contributed by atoms with Crippen LogP contribution in [0.2, 0.25) is 0 Å². The van der Waals surface area contributed by atoms with E-state index in [4.69, 9.17) is 0 Å². The monoisotopic (exact) mass is 139 g/mol. The summed E-state index contributed by atoms with van der Waals surface area (Å²) in [6.07, 6.45) is 5.24. The van der Waals surface area contributed by atoms with Gasteiger partial charge >= 0.3 is 0 Å². The SMILES string of the molecule is CC(C)c1cncnc1.N. The normalized spacial score (nSPS) is 9.10. The molecule has 56 valence electrons. The van der Waals surface area contributed by atoms with Crippen LogP contribution in [0.3, 0.4) is 0 Å². The number of hydrogen-bond acceptors (Lipinski definition) is 3. The summed E-state index contributed by atoms with van der Waals surface area (Å²) >= 11 is 0. The summed E-state index contributed by atoms with van der Waals surface area (Å²) in [6, 6.07) is 0. The van der Waals surface area contributed by atoms with Crippen LogP contribution in [0.25, 0.3) is 0 Å². The van der Waals surface area contributed by atoms with E-state index in [0.29, 0.717) is 5.92 Å². The van der Waals surface area contributed by atoms with Gasteiger partial charge in [-0.1, -0.05) is 13.8 Å². The molecule has 3 heteroatoms. The predicted molar refractivity (Wildman–Crippen MR) is 41.1 cm³/mol. The van der Waals surface area contributed by atoms with Crippen LogP contribution in [0.15, 0.2) is 18.7 Å². The van der Waals surface area contributed by atoms with Gasteiger partial charge < -0.3 is 6.15 Å². The first-order chi connectivity index (χ1) is 4.30. The second kappa shape index (κ2) is 3.95. The summed E-state index contributed by atoms with van der Waals surface area (Å²) < 4.78 is 0. The average molecular weight is 139 g/mol. The molecule has 0 aromatic carbocycles. The first-order valence-corrected chi connectivity index (χ1v) is 3.05. The first kappa shape index (κ1) is 9.04. The zero-order valence-electron chi connectivity index (χ0n) is 6.41. The van der Waals surface area contributed by atoms with Gasteiger partial charge in [-0.25, -0.2) is 9.97 Å². The van der Waals surface area contributed by atoms with E-state index in [-0.39, 0.29) is 6.15 Å². The molecule has 0 radical (unpaired) electrons. The molecule has 0 aliphatic rings. The van der Waals surface area contributed by atoms with E-state index in [1.807, 2.05) is 12.4 Å². The number of nitrogens with zero attached hydrogens (tertiary/aromatic N) is 2. The Morgan fingerprint density at radius 2 is 1.70 bits per heavy atom. The fraction of sp³-hybridized carbons (Fsp3) is 0.429. The predicted octanol–water partition coefficient (Wildman–Crippen LogP) is 1.76. The topological polar surface area (TPSA) is 60.8 Å². The van der Waals surface area contributed by atoms with E-state index >= 15 is 0 Å². The smallest absolute Gasteiger partial charge is 0.115 e. The molecule has 3 N–H and O–H groups in total. The van der Waals surface area contributed by atoms with Crippen molar-refractivity contribution in [2.24, 2.45) is 0 Å². The minimum atomic E-state index is 0. The Labute approximate surface area is 61.1 Å². The lowest BCUT2D eigenvalue weighted by molar-refractivity contribution is 0.845. The van der Waals surface area contributed by atoms with Crippen molar-refractivity contribution in [3.8, 4) is 0 Å². The fourth-order valence-electron chi connectivity index (χ4n) is 0.609. The van der Waals surface area contributed by atoms with Crippen molar-refractivity contribution in [2.45, 2.75) is 19.8 Å². The van der Waals surface area contributed by atoms with Gasteiger partial charge in [-0.2, -0.15) is 0 Å². The van der Waals surface area contributed by atoms with Crippen molar-refractivity contribution in [2.75, 3.05) is 0 Å². The van der Waals surface area contributed by atoms with Crippen LogP contribution in [-0.2, 0) is 0 Å². The van der Waals surface area contributed by atoms with Gasteiger partial charge in [-0.15, -0.1) is 0 Å². The average Bonchev–Trinajstić information content (AvgIpc) is 1.90. The van der Waals surface area contributed by atoms with Gasteiger partial charge in [0.15, 0.2) is 0 Å². The lowest BCUT2D eigenvalue weighted by atomic mass is 10.1. The van der Waals surface area contributed by atoms with Crippen LogP contribution in [0.5, 0.6) is 0 Å². The molecule has 10 heavy (non-hydrogen) atoms. The van der Waals surface area contributed by atoms with E-state index in [0.717, 1.165) is 0 Å². The Balaban J connectivity index is 0.000000810. The maximum absolute atomic E-state index is 3.89. The molecule has 0 fully saturated rings. The van der Waals surface area contributed by atoms with Crippen molar-refractivity contribution < 1.29 is 0 Å². The molecule has 3 nitrogen and oxygen atoms in total. The van der Waals surface area contributed by atoms with Gasteiger partial charge in [0.1, 0.15) is 6.33 Å². The van der Waals surface area contributed by atoms with E-state index in [1.165, 1.54) is 5.56 Å². The second-order valence-electron chi connectivity index (χ2n) is 2.33. The van der Waals surface area contributed by atoms with Crippen LogP contribution in [-0.4, -0.2) is 9.97 Å². The largest absolute Gasteiger partial charge is 0.344 e. The molecule has 0 saturated heterocycles. The standard InChI is InChI=1S/C7H10N2.H3N/c1-6(2)7-3-8-5-9-4-7;/h3-6H,1-2H3;1H3. The van der Waals surface area contributed by atoms with E-state index in [1.54, 1.807) is 6.33 Å². The van der Waals surface area contributed by atoms with Gasteiger partial charge in [-0.05, 0) is 11.5 Å². The quantitative estimate of drug-likeness (QED) is 0.644. The molecule has 0 unspecified atom stereocenters. The van der Waals surface area contributed by atoms with Crippen molar-refractivity contribution in [3.63, 3.8) is 0 Å². The van der Waals surface area contributed by atoms with Crippen molar-refractivity contribution >= 4 is 0 Å². The molecule has 1 aromatic heterocycles. The van der Waals surface area contributed by atoms with Crippen LogP contribution in [0.4, 0.5) is 0 Å². The van der Waals surface area contributed by atoms with Crippen LogP contribution in [0.1, 0.15) is 25.3 Å². The number of aromatic nitrogens is 2. The van der Waals surface area contributed by atoms with Crippen LogP contribution in [0, 0.1) is 0 Å². The van der Waals surface area contributed by atoms with Crippen LogP contribution >= 0.6 is 0 Å². The van der Waals surface area contributed by atoms with Crippen LogP contribution < -0.4 is 6.15 Å². The summed E-state index contributed by atoms with van der Waals surface area (Å²) in [5.41, 5.74) is 1.19. The summed E-state index contributed by atoms with van der Waals surface area (Å²) in [7, 11) is 0. The highest BCUT2D eigenvalue weighted by Crippen LogP contribution is 2.09. The Hall–Kier alpha value is -0.960. The van der Waals surface area contributed by atoms with Gasteiger partial charge in [0.25, 0.3) is 0 Å². The molecule has 0 saturated carbocycles. The molecular weight excluding hydrogens is 126 g/mol. The molecule has 0 amide bonds. The number of rotatable bonds is 1. The maximum atomic E-state index is 3.89. The highest BCUT2D eigenvalue weighted by molar-refractivity contribution is 5.06.